The van der Waals surface area contributed by atoms with E-state index in [9.17, 15) is 10.1 Å². The fourth-order valence-corrected chi connectivity index (χ4v) is 3.76. The SMILES string of the molecule is COc1cc2c(cc1OC)C1=C(C#N)SCCC(=O)N1CC2. The van der Waals surface area contributed by atoms with Gasteiger partial charge in [0.15, 0.2) is 11.5 Å². The highest BCUT2D eigenvalue weighted by Gasteiger charge is 2.32. The summed E-state index contributed by atoms with van der Waals surface area (Å²) in [6.45, 7) is 0.600. The first-order valence-electron chi connectivity index (χ1n) is 7.02. The maximum absolute atomic E-state index is 12.3. The highest BCUT2D eigenvalue weighted by molar-refractivity contribution is 8.03. The van der Waals surface area contributed by atoms with Crippen molar-refractivity contribution in [3.8, 4) is 17.6 Å². The van der Waals surface area contributed by atoms with Crippen LogP contribution in [0.5, 0.6) is 11.5 Å². The van der Waals surface area contributed by atoms with Gasteiger partial charge in [0, 0.05) is 24.3 Å². The Bertz CT molecular complexity index is 706. The van der Waals surface area contributed by atoms with Crippen molar-refractivity contribution in [3.05, 3.63) is 28.2 Å². The van der Waals surface area contributed by atoms with Crippen molar-refractivity contribution in [1.29, 1.82) is 5.26 Å². The first-order valence-corrected chi connectivity index (χ1v) is 8.01. The molecule has 0 atom stereocenters. The number of benzene rings is 1. The quantitative estimate of drug-likeness (QED) is 0.838. The maximum atomic E-state index is 12.3. The van der Waals surface area contributed by atoms with Crippen molar-refractivity contribution >= 4 is 23.4 Å². The molecule has 1 aromatic rings. The first-order chi connectivity index (χ1) is 10.7. The van der Waals surface area contributed by atoms with Crippen LogP contribution in [0.25, 0.3) is 5.70 Å². The van der Waals surface area contributed by atoms with Gasteiger partial charge in [0.25, 0.3) is 0 Å². The van der Waals surface area contributed by atoms with Crippen LogP contribution in [0, 0.1) is 11.3 Å². The van der Waals surface area contributed by atoms with Crippen LogP contribution in [0.15, 0.2) is 17.0 Å². The van der Waals surface area contributed by atoms with Crippen LogP contribution in [0.3, 0.4) is 0 Å². The third-order valence-corrected chi connectivity index (χ3v) is 4.90. The lowest BCUT2D eigenvalue weighted by Crippen LogP contribution is -2.34. The van der Waals surface area contributed by atoms with E-state index in [2.05, 4.69) is 6.07 Å². The number of nitriles is 1. The molecule has 2 aliphatic rings. The Morgan fingerprint density at radius 2 is 1.95 bits per heavy atom. The number of hydrogen-bond acceptors (Lipinski definition) is 5. The summed E-state index contributed by atoms with van der Waals surface area (Å²) in [6, 6.07) is 6.05. The fourth-order valence-electron chi connectivity index (χ4n) is 2.86. The van der Waals surface area contributed by atoms with Gasteiger partial charge < -0.3 is 14.4 Å². The molecule has 0 saturated heterocycles. The molecular formula is C16H16N2O3S. The van der Waals surface area contributed by atoms with E-state index < -0.39 is 0 Å². The van der Waals surface area contributed by atoms with Crippen LogP contribution in [-0.2, 0) is 11.2 Å². The maximum Gasteiger partial charge on any atom is 0.227 e. The zero-order chi connectivity index (χ0) is 15.7. The normalized spacial score (nSPS) is 17.3. The van der Waals surface area contributed by atoms with Crippen molar-refractivity contribution in [2.45, 2.75) is 12.8 Å². The molecule has 0 unspecified atom stereocenters. The predicted molar refractivity (Wildman–Crippen MR) is 84.6 cm³/mol. The number of amides is 1. The third kappa shape index (κ3) is 2.32. The van der Waals surface area contributed by atoms with Gasteiger partial charge in [-0.2, -0.15) is 5.26 Å². The Morgan fingerprint density at radius 1 is 1.23 bits per heavy atom. The van der Waals surface area contributed by atoms with Crippen molar-refractivity contribution in [3.63, 3.8) is 0 Å². The second kappa shape index (κ2) is 5.93. The lowest BCUT2D eigenvalue weighted by molar-refractivity contribution is -0.127. The van der Waals surface area contributed by atoms with Gasteiger partial charge in [0.05, 0.1) is 19.9 Å². The minimum Gasteiger partial charge on any atom is -0.493 e. The molecule has 0 radical (unpaired) electrons. The average molecular weight is 316 g/mol. The van der Waals surface area contributed by atoms with Crippen LogP contribution in [0.4, 0.5) is 0 Å². The predicted octanol–water partition coefficient (Wildman–Crippen LogP) is 2.42. The zero-order valence-electron chi connectivity index (χ0n) is 12.5. The lowest BCUT2D eigenvalue weighted by atomic mass is 9.95. The number of nitrogens with zero attached hydrogens (tertiary/aromatic N) is 2. The Balaban J connectivity index is 2.23. The van der Waals surface area contributed by atoms with Crippen LogP contribution >= 0.6 is 11.8 Å². The van der Waals surface area contributed by atoms with Crippen LogP contribution in [-0.4, -0.2) is 37.3 Å². The summed E-state index contributed by atoms with van der Waals surface area (Å²) in [4.78, 5) is 14.6. The van der Waals surface area contributed by atoms with Crippen molar-refractivity contribution in [2.24, 2.45) is 0 Å². The average Bonchev–Trinajstić information content (AvgIpc) is 2.72. The van der Waals surface area contributed by atoms with Gasteiger partial charge >= 0.3 is 0 Å². The smallest absolute Gasteiger partial charge is 0.227 e. The van der Waals surface area contributed by atoms with E-state index >= 15 is 0 Å². The molecule has 2 heterocycles. The molecule has 0 fully saturated rings. The number of ether oxygens (including phenoxy) is 2. The van der Waals surface area contributed by atoms with Gasteiger partial charge in [-0.25, -0.2) is 0 Å². The standard InChI is InChI=1S/C16H16N2O3S/c1-20-12-7-10-3-5-18-15(19)4-6-22-14(9-17)16(18)11(10)8-13(12)21-2/h7-8H,3-6H2,1-2H3. The molecule has 0 aromatic heterocycles. The number of allylic oxidation sites excluding steroid dienone is 1. The van der Waals surface area contributed by atoms with Crippen molar-refractivity contribution in [2.75, 3.05) is 26.5 Å². The van der Waals surface area contributed by atoms with Gasteiger partial charge in [-0.3, -0.25) is 4.79 Å². The number of carbonyl (C=O) groups excluding carboxylic acids is 1. The molecule has 0 bridgehead atoms. The number of thioether (sulfide) groups is 1. The summed E-state index contributed by atoms with van der Waals surface area (Å²) < 4.78 is 10.7. The summed E-state index contributed by atoms with van der Waals surface area (Å²) in [7, 11) is 3.18. The molecule has 0 aliphatic carbocycles. The second-order valence-corrected chi connectivity index (χ2v) is 6.15. The number of fused-ring (bicyclic) bond motifs is 3. The Morgan fingerprint density at radius 3 is 2.64 bits per heavy atom. The molecule has 5 nitrogen and oxygen atoms in total. The number of carbonyl (C=O) groups is 1. The van der Waals surface area contributed by atoms with Crippen molar-refractivity contribution in [1.82, 2.24) is 4.90 Å². The monoisotopic (exact) mass is 316 g/mol. The van der Waals surface area contributed by atoms with E-state index in [1.54, 1.807) is 19.1 Å². The molecule has 0 N–H and O–H groups in total. The molecule has 1 aromatic carbocycles. The van der Waals surface area contributed by atoms with Gasteiger partial charge in [-0.05, 0) is 24.1 Å². The van der Waals surface area contributed by atoms with Gasteiger partial charge in [-0.15, -0.1) is 11.8 Å². The minimum absolute atomic E-state index is 0.0770. The second-order valence-electron chi connectivity index (χ2n) is 5.05. The van der Waals surface area contributed by atoms with Crippen LogP contribution < -0.4 is 9.47 Å². The summed E-state index contributed by atoms with van der Waals surface area (Å²) in [5.74, 6) is 1.99. The van der Waals surface area contributed by atoms with E-state index in [-0.39, 0.29) is 5.91 Å². The third-order valence-electron chi connectivity index (χ3n) is 3.92. The van der Waals surface area contributed by atoms with Crippen LogP contribution in [0.2, 0.25) is 0 Å². The molecule has 114 valence electrons. The van der Waals surface area contributed by atoms with E-state index in [0.29, 0.717) is 35.1 Å². The zero-order valence-corrected chi connectivity index (χ0v) is 13.3. The Labute approximate surface area is 133 Å². The lowest BCUT2D eigenvalue weighted by Gasteiger charge is -2.31. The van der Waals surface area contributed by atoms with Gasteiger partial charge in [-0.1, -0.05) is 0 Å². The topological polar surface area (TPSA) is 62.6 Å². The summed E-state index contributed by atoms with van der Waals surface area (Å²) in [5, 5.41) is 9.47. The number of methoxy groups -OCH3 is 2. The molecule has 22 heavy (non-hydrogen) atoms. The molecule has 3 rings (SSSR count). The van der Waals surface area contributed by atoms with E-state index in [1.807, 2.05) is 12.1 Å². The highest BCUT2D eigenvalue weighted by Crippen LogP contribution is 2.42. The number of rotatable bonds is 2. The summed E-state index contributed by atoms with van der Waals surface area (Å²) in [5.41, 5.74) is 2.69. The molecule has 0 saturated carbocycles. The van der Waals surface area contributed by atoms with Crippen LogP contribution in [0.1, 0.15) is 17.5 Å². The fraction of sp³-hybridized carbons (Fsp3) is 0.375. The van der Waals surface area contributed by atoms with E-state index in [4.69, 9.17) is 9.47 Å². The van der Waals surface area contributed by atoms with E-state index in [1.165, 1.54) is 11.8 Å². The Hall–Kier alpha value is -2.13. The molecular weight excluding hydrogens is 300 g/mol. The van der Waals surface area contributed by atoms with Gasteiger partial charge in [0.1, 0.15) is 11.0 Å². The van der Waals surface area contributed by atoms with Gasteiger partial charge in [0.2, 0.25) is 5.91 Å². The number of hydrogen-bond donors (Lipinski definition) is 0. The highest BCUT2D eigenvalue weighted by atomic mass is 32.2. The minimum atomic E-state index is 0.0770. The Kier molecular flexibility index (Phi) is 3.99. The molecule has 2 aliphatic heterocycles. The van der Waals surface area contributed by atoms with E-state index in [0.717, 1.165) is 23.2 Å². The van der Waals surface area contributed by atoms with Crippen molar-refractivity contribution < 1.29 is 14.3 Å². The summed E-state index contributed by atoms with van der Waals surface area (Å²) in [6.07, 6.45) is 1.20. The largest absolute Gasteiger partial charge is 0.493 e. The first kappa shape index (κ1) is 14.8. The summed E-state index contributed by atoms with van der Waals surface area (Å²) >= 11 is 1.44. The molecule has 6 heteroatoms. The molecule has 0 spiro atoms. The molecule has 1 amide bonds.